The number of hydrogen-bond acceptors (Lipinski definition) is 5. The molecule has 0 rings (SSSR count). The third kappa shape index (κ3) is 32.4. The van der Waals surface area contributed by atoms with E-state index in [2.05, 4.69) is 28.1 Å². The van der Waals surface area contributed by atoms with E-state index in [1.807, 2.05) is 0 Å². The van der Waals surface area contributed by atoms with Crippen molar-refractivity contribution in [1.29, 1.82) is 0 Å². The van der Waals surface area contributed by atoms with Gasteiger partial charge in [0.15, 0.2) is 0 Å². The van der Waals surface area contributed by atoms with Gasteiger partial charge in [0.25, 0.3) is 0 Å². The van der Waals surface area contributed by atoms with E-state index in [1.165, 1.54) is 103 Å². The standard InChI is InChI=1S/C32H68NO5.ClH/c1-7-8-9-10-11-12-13-14-15-16-17-18-19-20-21-22-23-31(34-5)28-38-30-32(35-6)29-37-27-26-36-25-24-33(2,3)4;/h31-32H,7-30H2,1-6H3;1H/q+1;/p-1. The van der Waals surface area contributed by atoms with E-state index in [4.69, 9.17) is 23.7 Å². The van der Waals surface area contributed by atoms with Gasteiger partial charge in [0.05, 0.1) is 66.9 Å². The van der Waals surface area contributed by atoms with Crippen LogP contribution in [0.2, 0.25) is 0 Å². The van der Waals surface area contributed by atoms with E-state index >= 15 is 0 Å². The van der Waals surface area contributed by atoms with Crippen LogP contribution < -0.4 is 12.4 Å². The predicted octanol–water partition coefficient (Wildman–Crippen LogP) is 4.43. The van der Waals surface area contributed by atoms with Crippen LogP contribution in [0.5, 0.6) is 0 Å². The zero-order chi connectivity index (χ0) is 28.2. The van der Waals surface area contributed by atoms with Gasteiger partial charge in [-0.25, -0.2) is 0 Å². The molecule has 6 nitrogen and oxygen atoms in total. The summed E-state index contributed by atoms with van der Waals surface area (Å²) in [7, 11) is 9.99. The minimum atomic E-state index is -0.0608. The van der Waals surface area contributed by atoms with Crippen molar-refractivity contribution >= 4 is 0 Å². The summed E-state index contributed by atoms with van der Waals surface area (Å²) in [5.41, 5.74) is 0. The van der Waals surface area contributed by atoms with Crippen LogP contribution in [0.25, 0.3) is 0 Å². The molecule has 2 atom stereocenters. The highest BCUT2D eigenvalue weighted by Gasteiger charge is 2.12. The molecule has 0 aromatic rings. The van der Waals surface area contributed by atoms with E-state index in [9.17, 15) is 0 Å². The number of halogens is 1. The van der Waals surface area contributed by atoms with E-state index in [1.54, 1.807) is 14.2 Å². The van der Waals surface area contributed by atoms with Crippen molar-refractivity contribution in [1.82, 2.24) is 0 Å². The van der Waals surface area contributed by atoms with Crippen molar-refractivity contribution in [3.63, 3.8) is 0 Å². The van der Waals surface area contributed by atoms with Crippen LogP contribution in [0.1, 0.15) is 116 Å². The number of quaternary nitrogens is 1. The minimum Gasteiger partial charge on any atom is -1.00 e. The first kappa shape index (κ1) is 41.2. The van der Waals surface area contributed by atoms with Gasteiger partial charge in [0.1, 0.15) is 12.6 Å². The summed E-state index contributed by atoms with van der Waals surface area (Å²) in [6, 6.07) is 0. The summed E-state index contributed by atoms with van der Waals surface area (Å²) in [4.78, 5) is 0. The number of unbranched alkanes of at least 4 members (excludes halogenated alkanes) is 15. The van der Waals surface area contributed by atoms with Crippen LogP contribution in [0.15, 0.2) is 0 Å². The number of ether oxygens (including phenoxy) is 5. The molecule has 0 aliphatic heterocycles. The molecule has 0 fully saturated rings. The van der Waals surface area contributed by atoms with Crippen molar-refractivity contribution in [3.05, 3.63) is 0 Å². The molecule has 39 heavy (non-hydrogen) atoms. The number of hydrogen-bond donors (Lipinski definition) is 0. The number of nitrogens with zero attached hydrogens (tertiary/aromatic N) is 1. The molecule has 0 radical (unpaired) electrons. The van der Waals surface area contributed by atoms with Crippen LogP contribution in [-0.4, -0.2) is 98.2 Å². The Balaban J connectivity index is 0. The molecule has 0 amide bonds. The van der Waals surface area contributed by atoms with Gasteiger partial charge in [-0.3, -0.25) is 0 Å². The molecule has 0 aliphatic carbocycles. The number of rotatable bonds is 31. The molecule has 0 bridgehead atoms. The molecule has 0 aromatic carbocycles. The molecule has 238 valence electrons. The summed E-state index contributed by atoms with van der Waals surface area (Å²) in [6.45, 7) is 6.89. The molecule has 0 saturated carbocycles. The SMILES string of the molecule is CCCCCCCCCCCCCCCCCCC(COCC(COCCOCC[N+](C)(C)C)OC)OC.[Cl-]. The smallest absolute Gasteiger partial charge is 0.104 e. The largest absolute Gasteiger partial charge is 1.00 e. The molecule has 7 heteroatoms. The zero-order valence-corrected chi connectivity index (χ0v) is 27.7. The first-order valence-corrected chi connectivity index (χ1v) is 16.0. The molecule has 2 unspecified atom stereocenters. The maximum Gasteiger partial charge on any atom is 0.104 e. The van der Waals surface area contributed by atoms with Crippen molar-refractivity contribution in [3.8, 4) is 0 Å². The molecule has 0 aliphatic rings. The Morgan fingerprint density at radius 2 is 0.897 bits per heavy atom. The van der Waals surface area contributed by atoms with Gasteiger partial charge in [-0.2, -0.15) is 0 Å². The van der Waals surface area contributed by atoms with Crippen LogP contribution in [-0.2, 0) is 23.7 Å². The molecule has 0 N–H and O–H groups in total. The van der Waals surface area contributed by atoms with Crippen molar-refractivity contribution in [2.45, 2.75) is 128 Å². The lowest BCUT2D eigenvalue weighted by atomic mass is 10.0. The fourth-order valence-corrected chi connectivity index (χ4v) is 4.48. The second-order valence-electron chi connectivity index (χ2n) is 12.0. The van der Waals surface area contributed by atoms with Crippen LogP contribution in [0.4, 0.5) is 0 Å². The van der Waals surface area contributed by atoms with Crippen LogP contribution in [0, 0.1) is 0 Å². The van der Waals surface area contributed by atoms with Gasteiger partial charge < -0.3 is 40.6 Å². The highest BCUT2D eigenvalue weighted by molar-refractivity contribution is 4.60. The molecule has 0 spiro atoms. The van der Waals surface area contributed by atoms with Gasteiger partial charge >= 0.3 is 0 Å². The summed E-state index contributed by atoms with van der Waals surface area (Å²) in [6.07, 6.45) is 23.5. The average molecular weight is 582 g/mol. The molecule has 0 aromatic heterocycles. The Kier molecular flexibility index (Phi) is 32.7. The van der Waals surface area contributed by atoms with Gasteiger partial charge in [0.2, 0.25) is 0 Å². The van der Waals surface area contributed by atoms with Gasteiger partial charge in [-0.1, -0.05) is 110 Å². The third-order valence-electron chi connectivity index (χ3n) is 7.24. The van der Waals surface area contributed by atoms with E-state index < -0.39 is 0 Å². The third-order valence-corrected chi connectivity index (χ3v) is 7.24. The van der Waals surface area contributed by atoms with Crippen molar-refractivity contribution in [2.24, 2.45) is 0 Å². The van der Waals surface area contributed by atoms with E-state index in [-0.39, 0.29) is 24.6 Å². The Morgan fingerprint density at radius 3 is 1.36 bits per heavy atom. The number of likely N-dealkylation sites (N-methyl/N-ethyl adjacent to an activating group) is 1. The first-order valence-electron chi connectivity index (χ1n) is 16.0. The highest BCUT2D eigenvalue weighted by atomic mass is 35.5. The minimum absolute atomic E-state index is 0. The molecule has 0 heterocycles. The number of methoxy groups -OCH3 is 2. The summed E-state index contributed by atoms with van der Waals surface area (Å²) < 4.78 is 29.3. The molecule has 0 saturated heterocycles. The maximum atomic E-state index is 5.89. The van der Waals surface area contributed by atoms with Crippen molar-refractivity contribution in [2.75, 3.05) is 81.5 Å². The quantitative estimate of drug-likeness (QED) is 0.0895. The van der Waals surface area contributed by atoms with Crippen molar-refractivity contribution < 1.29 is 40.6 Å². The van der Waals surface area contributed by atoms with Gasteiger partial charge in [-0.05, 0) is 6.42 Å². The van der Waals surface area contributed by atoms with E-state index in [0.29, 0.717) is 33.0 Å². The topological polar surface area (TPSA) is 46.2 Å². The second-order valence-corrected chi connectivity index (χ2v) is 12.0. The average Bonchev–Trinajstić information content (AvgIpc) is 2.89. The summed E-state index contributed by atoms with van der Waals surface area (Å²) in [5, 5.41) is 0. The zero-order valence-electron chi connectivity index (χ0n) is 27.0. The van der Waals surface area contributed by atoms with Crippen LogP contribution in [0.3, 0.4) is 0 Å². The summed E-state index contributed by atoms with van der Waals surface area (Å²) >= 11 is 0. The predicted molar refractivity (Wildman–Crippen MR) is 161 cm³/mol. The second kappa shape index (κ2) is 31.0. The lowest BCUT2D eigenvalue weighted by Crippen LogP contribution is -3.00. The fraction of sp³-hybridized carbons (Fsp3) is 1.00. The normalized spacial score (nSPS) is 13.4. The Bertz CT molecular complexity index is 464. The monoisotopic (exact) mass is 581 g/mol. The Hall–Kier alpha value is 0.0500. The highest BCUT2D eigenvalue weighted by Crippen LogP contribution is 2.15. The lowest BCUT2D eigenvalue weighted by Gasteiger charge is -2.23. The van der Waals surface area contributed by atoms with Gasteiger partial charge in [0, 0.05) is 14.2 Å². The maximum absolute atomic E-state index is 5.89. The molecular formula is C32H68ClNO5. The molecular weight excluding hydrogens is 514 g/mol. The Morgan fingerprint density at radius 1 is 0.487 bits per heavy atom. The first-order chi connectivity index (χ1) is 18.4. The van der Waals surface area contributed by atoms with Crippen LogP contribution >= 0.6 is 0 Å². The Labute approximate surface area is 250 Å². The lowest BCUT2D eigenvalue weighted by molar-refractivity contribution is -0.870. The van der Waals surface area contributed by atoms with Gasteiger partial charge in [-0.15, -0.1) is 0 Å². The fourth-order valence-electron chi connectivity index (χ4n) is 4.48. The summed E-state index contributed by atoms with van der Waals surface area (Å²) in [5.74, 6) is 0. The van der Waals surface area contributed by atoms with E-state index in [0.717, 1.165) is 24.1 Å².